The predicted octanol–water partition coefficient (Wildman–Crippen LogP) is 1.44. The highest BCUT2D eigenvalue weighted by Gasteiger charge is 2.44. The lowest BCUT2D eigenvalue weighted by molar-refractivity contribution is -0.192. The molecule has 1 aromatic heterocycles. The topological polar surface area (TPSA) is 71.5 Å². The third-order valence-electron chi connectivity index (χ3n) is 2.40. The molecule has 0 aliphatic heterocycles. The van der Waals surface area contributed by atoms with Crippen LogP contribution in [0.15, 0.2) is 18.3 Å². The van der Waals surface area contributed by atoms with Crippen molar-refractivity contribution in [3.05, 3.63) is 23.9 Å². The molecule has 0 saturated carbocycles. The SMILES string of the molecule is COc1ncccc1CNCC(C(=O)O)C(F)(F)F. The van der Waals surface area contributed by atoms with E-state index in [4.69, 9.17) is 9.84 Å². The van der Waals surface area contributed by atoms with Crippen molar-refractivity contribution in [2.75, 3.05) is 13.7 Å². The maximum Gasteiger partial charge on any atom is 0.403 e. The number of nitrogens with one attached hydrogen (secondary N) is 1. The van der Waals surface area contributed by atoms with E-state index in [1.54, 1.807) is 12.1 Å². The Balaban J connectivity index is 2.60. The molecule has 0 aromatic carbocycles. The number of alkyl halides is 3. The summed E-state index contributed by atoms with van der Waals surface area (Å²) in [7, 11) is 1.39. The van der Waals surface area contributed by atoms with Gasteiger partial charge in [0, 0.05) is 24.8 Å². The summed E-state index contributed by atoms with van der Waals surface area (Å²) in [6.07, 6.45) is -3.30. The molecular weight excluding hydrogens is 265 g/mol. The number of pyridine rings is 1. The lowest BCUT2D eigenvalue weighted by atomic mass is 10.1. The quantitative estimate of drug-likeness (QED) is 0.824. The van der Waals surface area contributed by atoms with Crippen LogP contribution in [0.3, 0.4) is 0 Å². The zero-order valence-electron chi connectivity index (χ0n) is 10.1. The average molecular weight is 278 g/mol. The van der Waals surface area contributed by atoms with Crippen LogP contribution in [0.5, 0.6) is 5.88 Å². The molecule has 1 unspecified atom stereocenters. The van der Waals surface area contributed by atoms with Gasteiger partial charge in [-0.2, -0.15) is 13.2 Å². The van der Waals surface area contributed by atoms with E-state index in [-0.39, 0.29) is 12.4 Å². The minimum absolute atomic E-state index is 0.0386. The van der Waals surface area contributed by atoms with E-state index in [2.05, 4.69) is 10.3 Å². The van der Waals surface area contributed by atoms with Gasteiger partial charge < -0.3 is 15.2 Å². The highest BCUT2D eigenvalue weighted by molar-refractivity contribution is 5.71. The number of halogens is 3. The van der Waals surface area contributed by atoms with Crippen LogP contribution in [0.2, 0.25) is 0 Å². The molecule has 106 valence electrons. The Kier molecular flexibility index (Phi) is 5.11. The Bertz CT molecular complexity index is 437. The lowest BCUT2D eigenvalue weighted by Crippen LogP contribution is -2.38. The molecule has 0 bridgehead atoms. The minimum atomic E-state index is -4.78. The first-order chi connectivity index (χ1) is 8.86. The summed E-state index contributed by atoms with van der Waals surface area (Å²) in [4.78, 5) is 14.4. The fourth-order valence-electron chi connectivity index (χ4n) is 1.44. The van der Waals surface area contributed by atoms with Crippen molar-refractivity contribution >= 4 is 5.97 Å². The summed E-state index contributed by atoms with van der Waals surface area (Å²) in [5, 5.41) is 11.0. The Hall–Kier alpha value is -1.83. The van der Waals surface area contributed by atoms with Gasteiger partial charge in [0.1, 0.15) is 0 Å². The molecule has 2 N–H and O–H groups in total. The largest absolute Gasteiger partial charge is 0.481 e. The van der Waals surface area contributed by atoms with Crippen molar-refractivity contribution in [1.29, 1.82) is 0 Å². The van der Waals surface area contributed by atoms with Gasteiger partial charge in [-0.25, -0.2) is 4.98 Å². The summed E-state index contributed by atoms with van der Waals surface area (Å²) >= 11 is 0. The van der Waals surface area contributed by atoms with Crippen molar-refractivity contribution in [2.24, 2.45) is 5.92 Å². The van der Waals surface area contributed by atoms with E-state index in [0.29, 0.717) is 5.56 Å². The molecule has 0 amide bonds. The first-order valence-electron chi connectivity index (χ1n) is 5.34. The number of carboxylic acid groups (broad SMARTS) is 1. The van der Waals surface area contributed by atoms with E-state index in [9.17, 15) is 18.0 Å². The van der Waals surface area contributed by atoms with E-state index in [1.807, 2.05) is 0 Å². The number of ether oxygens (including phenoxy) is 1. The van der Waals surface area contributed by atoms with Gasteiger partial charge >= 0.3 is 12.1 Å². The molecular formula is C11H13F3N2O3. The summed E-state index contributed by atoms with van der Waals surface area (Å²) in [6, 6.07) is 3.24. The normalized spacial score (nSPS) is 13.1. The number of aliphatic carboxylic acids is 1. The van der Waals surface area contributed by atoms with E-state index in [0.717, 1.165) is 0 Å². The summed E-state index contributed by atoms with van der Waals surface area (Å²) in [5.41, 5.74) is 0.552. The maximum absolute atomic E-state index is 12.4. The number of carbonyl (C=O) groups is 1. The van der Waals surface area contributed by atoms with Crippen molar-refractivity contribution in [3.63, 3.8) is 0 Å². The predicted molar refractivity (Wildman–Crippen MR) is 59.7 cm³/mol. The highest BCUT2D eigenvalue weighted by atomic mass is 19.4. The third-order valence-corrected chi connectivity index (χ3v) is 2.40. The molecule has 0 spiro atoms. The van der Waals surface area contributed by atoms with Gasteiger partial charge in [-0.05, 0) is 6.07 Å². The van der Waals surface area contributed by atoms with E-state index < -0.39 is 24.6 Å². The van der Waals surface area contributed by atoms with Gasteiger partial charge in [0.05, 0.1) is 7.11 Å². The second-order valence-electron chi connectivity index (χ2n) is 3.74. The first-order valence-corrected chi connectivity index (χ1v) is 5.34. The number of rotatable bonds is 6. The number of methoxy groups -OCH3 is 1. The fraction of sp³-hybridized carbons (Fsp3) is 0.455. The van der Waals surface area contributed by atoms with Gasteiger partial charge in [-0.3, -0.25) is 4.79 Å². The van der Waals surface area contributed by atoms with Gasteiger partial charge in [0.15, 0.2) is 5.92 Å². The Morgan fingerprint density at radius 3 is 2.79 bits per heavy atom. The molecule has 0 saturated heterocycles. The standard InChI is InChI=1S/C11H13F3N2O3/c1-19-9-7(3-2-4-16-9)5-15-6-8(10(17)18)11(12,13)14/h2-4,8,15H,5-6H2,1H3,(H,17,18). The van der Waals surface area contributed by atoms with Crippen LogP contribution in [0, 0.1) is 5.92 Å². The van der Waals surface area contributed by atoms with Crippen LogP contribution < -0.4 is 10.1 Å². The van der Waals surface area contributed by atoms with Crippen molar-refractivity contribution in [2.45, 2.75) is 12.7 Å². The van der Waals surface area contributed by atoms with Gasteiger partial charge in [-0.1, -0.05) is 6.07 Å². The van der Waals surface area contributed by atoms with Gasteiger partial charge in [-0.15, -0.1) is 0 Å². The summed E-state index contributed by atoms with van der Waals surface area (Å²) in [6.45, 7) is -0.673. The fourth-order valence-corrected chi connectivity index (χ4v) is 1.44. The Labute approximate surface area is 107 Å². The van der Waals surface area contributed by atoms with E-state index >= 15 is 0 Å². The Morgan fingerprint density at radius 2 is 2.26 bits per heavy atom. The summed E-state index contributed by atoms with van der Waals surface area (Å²) in [5.74, 6) is -4.05. The van der Waals surface area contributed by atoms with Crippen LogP contribution in [-0.4, -0.2) is 35.9 Å². The minimum Gasteiger partial charge on any atom is -0.481 e. The molecule has 0 aliphatic rings. The van der Waals surface area contributed by atoms with Crippen molar-refractivity contribution in [3.8, 4) is 5.88 Å². The first kappa shape index (κ1) is 15.2. The van der Waals surface area contributed by atoms with E-state index in [1.165, 1.54) is 13.3 Å². The third kappa shape index (κ3) is 4.40. The highest BCUT2D eigenvalue weighted by Crippen LogP contribution is 2.26. The average Bonchev–Trinajstić information content (AvgIpc) is 2.33. The van der Waals surface area contributed by atoms with Crippen LogP contribution in [0.25, 0.3) is 0 Å². The molecule has 0 fully saturated rings. The number of aromatic nitrogens is 1. The van der Waals surface area contributed by atoms with Crippen LogP contribution in [0.1, 0.15) is 5.56 Å². The number of nitrogens with zero attached hydrogens (tertiary/aromatic N) is 1. The van der Waals surface area contributed by atoms with Crippen molar-refractivity contribution < 1.29 is 27.8 Å². The smallest absolute Gasteiger partial charge is 0.403 e. The Morgan fingerprint density at radius 1 is 1.58 bits per heavy atom. The van der Waals surface area contributed by atoms with Crippen LogP contribution in [-0.2, 0) is 11.3 Å². The van der Waals surface area contributed by atoms with Crippen LogP contribution >= 0.6 is 0 Å². The zero-order chi connectivity index (χ0) is 14.5. The molecule has 1 atom stereocenters. The molecule has 19 heavy (non-hydrogen) atoms. The molecule has 1 heterocycles. The number of carboxylic acids is 1. The molecule has 0 aliphatic carbocycles. The number of hydrogen-bond acceptors (Lipinski definition) is 4. The van der Waals surface area contributed by atoms with Crippen molar-refractivity contribution in [1.82, 2.24) is 10.3 Å². The van der Waals surface area contributed by atoms with Crippen LogP contribution in [0.4, 0.5) is 13.2 Å². The second kappa shape index (κ2) is 6.37. The molecule has 1 aromatic rings. The maximum atomic E-state index is 12.4. The molecule has 8 heteroatoms. The monoisotopic (exact) mass is 278 g/mol. The zero-order valence-corrected chi connectivity index (χ0v) is 10.1. The molecule has 1 rings (SSSR count). The number of hydrogen-bond donors (Lipinski definition) is 2. The lowest BCUT2D eigenvalue weighted by Gasteiger charge is -2.16. The van der Waals surface area contributed by atoms with Gasteiger partial charge in [0.2, 0.25) is 5.88 Å². The summed E-state index contributed by atoms with van der Waals surface area (Å²) < 4.78 is 42.1. The molecule has 5 nitrogen and oxygen atoms in total. The van der Waals surface area contributed by atoms with Gasteiger partial charge in [0.25, 0.3) is 0 Å². The molecule has 0 radical (unpaired) electrons. The second-order valence-corrected chi connectivity index (χ2v) is 3.74.